The maximum atomic E-state index is 12.5. The van der Waals surface area contributed by atoms with E-state index in [1.54, 1.807) is 0 Å². The average Bonchev–Trinajstić information content (AvgIpc) is 2.68. The molecule has 1 aromatic rings. The van der Waals surface area contributed by atoms with Gasteiger partial charge in [-0.3, -0.25) is 10.2 Å². The zero-order valence-corrected chi connectivity index (χ0v) is 17.8. The molecule has 2 aliphatic rings. The van der Waals surface area contributed by atoms with Crippen molar-refractivity contribution in [2.75, 3.05) is 31.1 Å². The minimum Gasteiger partial charge on any atom is -0.481 e. The van der Waals surface area contributed by atoms with Crippen LogP contribution < -0.4 is 16.0 Å². The molecule has 1 aliphatic carbocycles. The van der Waals surface area contributed by atoms with E-state index >= 15 is 0 Å². The summed E-state index contributed by atoms with van der Waals surface area (Å²) < 4.78 is 0. The van der Waals surface area contributed by atoms with E-state index in [4.69, 9.17) is 16.2 Å². The van der Waals surface area contributed by atoms with Crippen molar-refractivity contribution in [3.05, 3.63) is 29.8 Å². The number of amidine groups is 1. The Hall–Kier alpha value is -2.19. The highest BCUT2D eigenvalue weighted by atomic mass is 35.5. The number of urea groups is 1. The highest BCUT2D eigenvalue weighted by molar-refractivity contribution is 5.95. The van der Waals surface area contributed by atoms with Gasteiger partial charge in [0.05, 0.1) is 5.92 Å². The Bertz CT molecular complexity index is 700. The van der Waals surface area contributed by atoms with Crippen molar-refractivity contribution in [2.45, 2.75) is 31.7 Å². The minimum absolute atomic E-state index is 0. The molecule has 3 rings (SSSR count). The van der Waals surface area contributed by atoms with Crippen LogP contribution in [0, 0.1) is 11.3 Å². The highest BCUT2D eigenvalue weighted by Gasteiger charge is 2.28. The van der Waals surface area contributed by atoms with Crippen LogP contribution in [0.3, 0.4) is 0 Å². The molecule has 29 heavy (non-hydrogen) atoms. The number of benzene rings is 1. The molecule has 0 unspecified atom stereocenters. The lowest BCUT2D eigenvalue weighted by Gasteiger charge is -2.37. The summed E-state index contributed by atoms with van der Waals surface area (Å²) in [5, 5.41) is 19.6. The summed E-state index contributed by atoms with van der Waals surface area (Å²) in [7, 11) is 0. The Morgan fingerprint density at radius 3 is 2.03 bits per heavy atom. The number of hydrogen-bond acceptors (Lipinski definition) is 4. The summed E-state index contributed by atoms with van der Waals surface area (Å²) >= 11 is 0. The topological polar surface area (TPSA) is 123 Å². The molecule has 0 atom stereocenters. The van der Waals surface area contributed by atoms with Gasteiger partial charge in [0, 0.05) is 43.5 Å². The van der Waals surface area contributed by atoms with E-state index in [-0.39, 0.29) is 48.6 Å². The van der Waals surface area contributed by atoms with Gasteiger partial charge in [-0.1, -0.05) is 0 Å². The molecule has 5 N–H and O–H groups in total. The average molecular weight is 446 g/mol. The Kier molecular flexibility index (Phi) is 9.52. The largest absolute Gasteiger partial charge is 0.481 e. The summed E-state index contributed by atoms with van der Waals surface area (Å²) in [6, 6.07) is 7.60. The van der Waals surface area contributed by atoms with Crippen molar-refractivity contribution in [2.24, 2.45) is 11.7 Å². The second-order valence-electron chi connectivity index (χ2n) is 7.27. The van der Waals surface area contributed by atoms with E-state index in [0.717, 1.165) is 31.6 Å². The Balaban J connectivity index is 0.00000210. The number of hydrogen-bond donors (Lipinski definition) is 4. The summed E-state index contributed by atoms with van der Waals surface area (Å²) in [4.78, 5) is 27.5. The second kappa shape index (κ2) is 11.1. The molecular formula is C19H29Cl2N5O3. The van der Waals surface area contributed by atoms with Gasteiger partial charge in [0.2, 0.25) is 0 Å². The van der Waals surface area contributed by atoms with Crippen LogP contribution in [0.2, 0.25) is 0 Å². The van der Waals surface area contributed by atoms with Crippen LogP contribution in [0.4, 0.5) is 10.5 Å². The van der Waals surface area contributed by atoms with Gasteiger partial charge >= 0.3 is 12.0 Å². The second-order valence-corrected chi connectivity index (χ2v) is 7.27. The minimum atomic E-state index is -0.729. The third-order valence-electron chi connectivity index (χ3n) is 5.51. The third-order valence-corrected chi connectivity index (χ3v) is 5.51. The van der Waals surface area contributed by atoms with Gasteiger partial charge in [0.25, 0.3) is 0 Å². The van der Waals surface area contributed by atoms with Crippen molar-refractivity contribution < 1.29 is 14.7 Å². The standard InChI is InChI=1S/C19H27N5O3.2ClH/c20-17(21)13-3-7-16(8-4-13)23-9-11-24(12-10-23)19(27)22-15-5-1-14(2-6-15)18(25)26;;/h3-4,7-8,14-15H,1-2,5-6,9-12H2,(H3,20,21)(H,22,27)(H,25,26);2*1H. The van der Waals surface area contributed by atoms with Crippen LogP contribution in [0.15, 0.2) is 24.3 Å². The SMILES string of the molecule is Cl.Cl.N=C(N)c1ccc(N2CCN(C(=O)NC3CCC(C(=O)O)CC3)CC2)cc1. The number of rotatable bonds is 4. The zero-order chi connectivity index (χ0) is 19.4. The first-order valence-electron chi connectivity index (χ1n) is 9.41. The number of piperazine rings is 1. The third kappa shape index (κ3) is 6.40. The molecule has 1 aromatic carbocycles. The van der Waals surface area contributed by atoms with Crippen LogP contribution in [-0.4, -0.2) is 60.1 Å². The first-order chi connectivity index (χ1) is 12.9. The fourth-order valence-electron chi connectivity index (χ4n) is 3.77. The van der Waals surface area contributed by atoms with Gasteiger partial charge in [-0.2, -0.15) is 0 Å². The van der Waals surface area contributed by atoms with E-state index in [9.17, 15) is 9.59 Å². The van der Waals surface area contributed by atoms with Crippen LogP contribution in [0.25, 0.3) is 0 Å². The molecule has 0 aromatic heterocycles. The smallest absolute Gasteiger partial charge is 0.317 e. The quantitative estimate of drug-likeness (QED) is 0.418. The number of amides is 2. The molecule has 2 amide bonds. The fourth-order valence-corrected chi connectivity index (χ4v) is 3.77. The number of halogens is 2. The molecule has 0 radical (unpaired) electrons. The molecule has 162 valence electrons. The molecule has 10 heteroatoms. The predicted molar refractivity (Wildman–Crippen MR) is 118 cm³/mol. The summed E-state index contributed by atoms with van der Waals surface area (Å²) in [5.74, 6) is -0.941. The van der Waals surface area contributed by atoms with E-state index in [1.807, 2.05) is 29.2 Å². The molecule has 1 saturated heterocycles. The normalized spacial score (nSPS) is 21.4. The molecule has 2 fully saturated rings. The lowest BCUT2D eigenvalue weighted by Crippen LogP contribution is -2.54. The lowest BCUT2D eigenvalue weighted by molar-refractivity contribution is -0.142. The van der Waals surface area contributed by atoms with Gasteiger partial charge in [-0.15, -0.1) is 24.8 Å². The first-order valence-corrected chi connectivity index (χ1v) is 9.41. The van der Waals surface area contributed by atoms with Gasteiger partial charge in [-0.05, 0) is 49.9 Å². The van der Waals surface area contributed by atoms with Crippen molar-refractivity contribution in [3.63, 3.8) is 0 Å². The summed E-state index contributed by atoms with van der Waals surface area (Å²) in [6.45, 7) is 2.78. The van der Waals surface area contributed by atoms with E-state index in [0.29, 0.717) is 31.5 Å². The summed E-state index contributed by atoms with van der Waals surface area (Å²) in [5.41, 5.74) is 7.25. The van der Waals surface area contributed by atoms with Gasteiger partial charge in [0.15, 0.2) is 0 Å². The number of carboxylic acid groups (broad SMARTS) is 1. The number of carbonyl (C=O) groups is 2. The molecule has 8 nitrogen and oxygen atoms in total. The monoisotopic (exact) mass is 445 g/mol. The van der Waals surface area contributed by atoms with E-state index in [1.165, 1.54) is 0 Å². The molecule has 1 saturated carbocycles. The zero-order valence-electron chi connectivity index (χ0n) is 16.2. The Labute approximate surface area is 183 Å². The maximum Gasteiger partial charge on any atom is 0.317 e. The fraction of sp³-hybridized carbons (Fsp3) is 0.526. The summed E-state index contributed by atoms with van der Waals surface area (Å²) in [6.07, 6.45) is 2.71. The maximum absolute atomic E-state index is 12.5. The number of anilines is 1. The van der Waals surface area contributed by atoms with Crippen LogP contribution >= 0.6 is 24.8 Å². The molecule has 1 heterocycles. The number of aliphatic carboxylic acids is 1. The van der Waals surface area contributed by atoms with Crippen LogP contribution in [-0.2, 0) is 4.79 Å². The number of carboxylic acids is 1. The van der Waals surface area contributed by atoms with E-state index < -0.39 is 5.97 Å². The molecule has 0 bridgehead atoms. The first kappa shape index (κ1) is 24.8. The number of carbonyl (C=O) groups excluding carboxylic acids is 1. The number of nitrogens with zero attached hydrogens (tertiary/aromatic N) is 2. The van der Waals surface area contributed by atoms with Crippen molar-refractivity contribution in [3.8, 4) is 0 Å². The van der Waals surface area contributed by atoms with Crippen LogP contribution in [0.1, 0.15) is 31.2 Å². The Morgan fingerprint density at radius 2 is 1.55 bits per heavy atom. The van der Waals surface area contributed by atoms with Crippen molar-refractivity contribution >= 4 is 48.3 Å². The Morgan fingerprint density at radius 1 is 1.00 bits per heavy atom. The lowest BCUT2D eigenvalue weighted by atomic mass is 9.86. The van der Waals surface area contributed by atoms with Gasteiger partial charge in [-0.25, -0.2) is 4.79 Å². The molecule has 1 aliphatic heterocycles. The van der Waals surface area contributed by atoms with Crippen molar-refractivity contribution in [1.29, 1.82) is 5.41 Å². The number of nitrogens with one attached hydrogen (secondary N) is 2. The number of nitrogens with two attached hydrogens (primary N) is 1. The van der Waals surface area contributed by atoms with Gasteiger partial charge < -0.3 is 26.0 Å². The van der Waals surface area contributed by atoms with Crippen molar-refractivity contribution in [1.82, 2.24) is 10.2 Å². The van der Waals surface area contributed by atoms with Gasteiger partial charge in [0.1, 0.15) is 5.84 Å². The molecule has 0 spiro atoms. The van der Waals surface area contributed by atoms with Crippen LogP contribution in [0.5, 0.6) is 0 Å². The highest BCUT2D eigenvalue weighted by Crippen LogP contribution is 2.24. The number of nitrogen functional groups attached to an aromatic ring is 1. The molecular weight excluding hydrogens is 417 g/mol. The predicted octanol–water partition coefficient (Wildman–Crippen LogP) is 2.29. The van der Waals surface area contributed by atoms with E-state index in [2.05, 4.69) is 10.2 Å².